The summed E-state index contributed by atoms with van der Waals surface area (Å²) in [6.45, 7) is 7.52. The van der Waals surface area contributed by atoms with Crippen LogP contribution in [0, 0.1) is 22.0 Å². The second-order valence-corrected chi connectivity index (χ2v) is 8.76. The van der Waals surface area contributed by atoms with E-state index in [-0.39, 0.29) is 10.6 Å². The van der Waals surface area contributed by atoms with Crippen LogP contribution < -0.4 is 5.32 Å². The molecule has 1 aromatic rings. The van der Waals surface area contributed by atoms with Crippen LogP contribution in [0.25, 0.3) is 0 Å². The molecule has 134 valence electrons. The molecule has 1 aliphatic heterocycles. The number of nitrogens with one attached hydrogen (secondary N) is 1. The first-order chi connectivity index (χ1) is 11.2. The summed E-state index contributed by atoms with van der Waals surface area (Å²) >= 11 is 0. The van der Waals surface area contributed by atoms with Crippen molar-refractivity contribution < 1.29 is 13.3 Å². The maximum absolute atomic E-state index is 12.8. The minimum atomic E-state index is -3.70. The number of benzene rings is 1. The third kappa shape index (κ3) is 4.24. The minimum Gasteiger partial charge on any atom is -0.379 e. The van der Waals surface area contributed by atoms with E-state index in [1.807, 2.05) is 20.8 Å². The largest absolute Gasteiger partial charge is 0.379 e. The van der Waals surface area contributed by atoms with Gasteiger partial charge in [0.1, 0.15) is 5.69 Å². The van der Waals surface area contributed by atoms with Gasteiger partial charge in [-0.05, 0) is 36.8 Å². The van der Waals surface area contributed by atoms with Crippen LogP contribution in [0.5, 0.6) is 0 Å². The molecule has 8 heteroatoms. The molecule has 0 unspecified atom stereocenters. The van der Waals surface area contributed by atoms with Crippen molar-refractivity contribution >= 4 is 21.4 Å². The Balaban J connectivity index is 2.33. The summed E-state index contributed by atoms with van der Waals surface area (Å²) in [6, 6.07) is 4.10. The van der Waals surface area contributed by atoms with Gasteiger partial charge in [-0.3, -0.25) is 10.1 Å². The summed E-state index contributed by atoms with van der Waals surface area (Å²) in [6.07, 6.45) is 1.82. The normalized spacial score (nSPS) is 19.4. The summed E-state index contributed by atoms with van der Waals surface area (Å²) in [4.78, 5) is 10.8. The molecule has 0 aromatic heterocycles. The number of hydrogen-bond donors (Lipinski definition) is 1. The Hall–Kier alpha value is -1.67. The number of nitrogens with zero attached hydrogens (tertiary/aromatic N) is 2. The SMILES string of the molecule is CC(C)CNc1ccc(S(=O)(=O)N2CCC[C@@H](C)C2)cc1[N+](=O)[O-]. The first-order valence-corrected chi connectivity index (χ1v) is 9.68. The Kier molecular flexibility index (Phi) is 5.82. The van der Waals surface area contributed by atoms with E-state index in [1.165, 1.54) is 16.4 Å². The molecule has 1 aliphatic rings. The molecule has 1 fully saturated rings. The van der Waals surface area contributed by atoms with Crippen LogP contribution in [0.3, 0.4) is 0 Å². The monoisotopic (exact) mass is 355 g/mol. The lowest BCUT2D eigenvalue weighted by Gasteiger charge is -2.30. The van der Waals surface area contributed by atoms with Crippen LogP contribution in [-0.2, 0) is 10.0 Å². The average Bonchev–Trinajstić information content (AvgIpc) is 2.52. The molecule has 0 spiro atoms. The Morgan fingerprint density at radius 3 is 2.71 bits per heavy atom. The van der Waals surface area contributed by atoms with Gasteiger partial charge in [-0.25, -0.2) is 8.42 Å². The van der Waals surface area contributed by atoms with E-state index in [1.54, 1.807) is 0 Å². The first kappa shape index (κ1) is 18.7. The van der Waals surface area contributed by atoms with Gasteiger partial charge in [0.2, 0.25) is 10.0 Å². The molecule has 0 aliphatic carbocycles. The van der Waals surface area contributed by atoms with Crippen molar-refractivity contribution in [2.45, 2.75) is 38.5 Å². The summed E-state index contributed by atoms with van der Waals surface area (Å²) in [5.41, 5.74) is 0.140. The maximum atomic E-state index is 12.8. The van der Waals surface area contributed by atoms with Crippen LogP contribution in [-0.4, -0.2) is 37.3 Å². The van der Waals surface area contributed by atoms with Crippen LogP contribution in [0.15, 0.2) is 23.1 Å². The molecule has 0 bridgehead atoms. The second kappa shape index (κ2) is 7.48. The zero-order valence-electron chi connectivity index (χ0n) is 14.4. The van der Waals surface area contributed by atoms with Gasteiger partial charge in [0.15, 0.2) is 0 Å². The Morgan fingerprint density at radius 1 is 1.42 bits per heavy atom. The van der Waals surface area contributed by atoms with Crippen molar-refractivity contribution in [3.05, 3.63) is 28.3 Å². The van der Waals surface area contributed by atoms with Gasteiger partial charge in [0, 0.05) is 25.7 Å². The van der Waals surface area contributed by atoms with Gasteiger partial charge in [0.05, 0.1) is 9.82 Å². The molecule has 1 aromatic carbocycles. The van der Waals surface area contributed by atoms with Crippen LogP contribution in [0.1, 0.15) is 33.6 Å². The lowest BCUT2D eigenvalue weighted by atomic mass is 10.0. The zero-order chi connectivity index (χ0) is 17.9. The molecule has 1 heterocycles. The fraction of sp³-hybridized carbons (Fsp3) is 0.625. The molecule has 1 N–H and O–H groups in total. The Morgan fingerprint density at radius 2 is 2.12 bits per heavy atom. The number of hydrogen-bond acceptors (Lipinski definition) is 5. The van der Waals surface area contributed by atoms with E-state index in [9.17, 15) is 18.5 Å². The third-order valence-corrected chi connectivity index (χ3v) is 5.99. The summed E-state index contributed by atoms with van der Waals surface area (Å²) in [7, 11) is -3.70. The van der Waals surface area contributed by atoms with Crippen molar-refractivity contribution in [3.63, 3.8) is 0 Å². The van der Waals surface area contributed by atoms with Crippen LogP contribution >= 0.6 is 0 Å². The quantitative estimate of drug-likeness (QED) is 0.625. The molecular formula is C16H25N3O4S. The van der Waals surface area contributed by atoms with Crippen LogP contribution in [0.4, 0.5) is 11.4 Å². The van der Waals surface area contributed by atoms with Crippen molar-refractivity contribution in [1.29, 1.82) is 0 Å². The fourth-order valence-electron chi connectivity index (χ4n) is 2.80. The molecule has 0 radical (unpaired) electrons. The molecule has 2 rings (SSSR count). The maximum Gasteiger partial charge on any atom is 0.293 e. The topological polar surface area (TPSA) is 92.6 Å². The molecule has 1 atom stereocenters. The summed E-state index contributed by atoms with van der Waals surface area (Å²) in [5, 5.41) is 14.3. The number of sulfonamides is 1. The van der Waals surface area contributed by atoms with Crippen molar-refractivity contribution in [2.75, 3.05) is 25.0 Å². The number of piperidine rings is 1. The van der Waals surface area contributed by atoms with Crippen LogP contribution in [0.2, 0.25) is 0 Å². The van der Waals surface area contributed by atoms with Gasteiger partial charge in [-0.2, -0.15) is 4.31 Å². The molecule has 7 nitrogen and oxygen atoms in total. The molecule has 24 heavy (non-hydrogen) atoms. The number of nitro benzene ring substituents is 1. The van der Waals surface area contributed by atoms with E-state index in [4.69, 9.17) is 0 Å². The summed E-state index contributed by atoms with van der Waals surface area (Å²) < 4.78 is 27.0. The molecule has 0 amide bonds. The lowest BCUT2D eigenvalue weighted by Crippen LogP contribution is -2.39. The van der Waals surface area contributed by atoms with Gasteiger partial charge >= 0.3 is 0 Å². The highest BCUT2D eigenvalue weighted by atomic mass is 32.2. The van der Waals surface area contributed by atoms with E-state index in [0.29, 0.717) is 37.2 Å². The number of anilines is 1. The molecular weight excluding hydrogens is 330 g/mol. The predicted molar refractivity (Wildman–Crippen MR) is 93.6 cm³/mol. The second-order valence-electron chi connectivity index (χ2n) is 6.82. The minimum absolute atomic E-state index is 0.0154. The lowest BCUT2D eigenvalue weighted by molar-refractivity contribution is -0.384. The highest BCUT2D eigenvalue weighted by Gasteiger charge is 2.30. The first-order valence-electron chi connectivity index (χ1n) is 8.24. The van der Waals surface area contributed by atoms with Gasteiger partial charge < -0.3 is 5.32 Å². The van der Waals surface area contributed by atoms with Crippen molar-refractivity contribution in [3.8, 4) is 0 Å². The standard InChI is InChI=1S/C16H25N3O4S/c1-12(2)10-17-15-7-6-14(9-16(15)19(20)21)24(22,23)18-8-4-5-13(3)11-18/h6-7,9,12-13,17H,4-5,8,10-11H2,1-3H3/t13-/m1/s1. The van der Waals surface area contributed by atoms with E-state index < -0.39 is 14.9 Å². The van der Waals surface area contributed by atoms with Crippen molar-refractivity contribution in [1.82, 2.24) is 4.31 Å². The van der Waals surface area contributed by atoms with E-state index >= 15 is 0 Å². The van der Waals surface area contributed by atoms with Crippen molar-refractivity contribution in [2.24, 2.45) is 11.8 Å². The zero-order valence-corrected chi connectivity index (χ0v) is 15.2. The van der Waals surface area contributed by atoms with E-state index in [2.05, 4.69) is 5.32 Å². The number of rotatable bonds is 6. The third-order valence-electron chi connectivity index (χ3n) is 4.12. The molecule has 1 saturated heterocycles. The Bertz CT molecular complexity index is 703. The van der Waals surface area contributed by atoms with E-state index in [0.717, 1.165) is 18.9 Å². The average molecular weight is 355 g/mol. The number of nitro groups is 1. The fourth-order valence-corrected chi connectivity index (χ4v) is 4.42. The predicted octanol–water partition coefficient (Wildman–Crippen LogP) is 3.08. The summed E-state index contributed by atoms with van der Waals surface area (Å²) in [5.74, 6) is 0.623. The smallest absolute Gasteiger partial charge is 0.293 e. The van der Waals surface area contributed by atoms with Gasteiger partial charge in [-0.15, -0.1) is 0 Å². The van der Waals surface area contributed by atoms with Gasteiger partial charge in [0.25, 0.3) is 5.69 Å². The van der Waals surface area contributed by atoms with Gasteiger partial charge in [-0.1, -0.05) is 20.8 Å². The Labute approximate surface area is 143 Å². The molecule has 0 saturated carbocycles. The highest BCUT2D eigenvalue weighted by molar-refractivity contribution is 7.89. The highest BCUT2D eigenvalue weighted by Crippen LogP contribution is 2.30.